The summed E-state index contributed by atoms with van der Waals surface area (Å²) >= 11 is 5.92. The minimum atomic E-state index is 0.0249. The number of nitrogens with two attached hydrogens (primary N) is 1. The maximum atomic E-state index is 11.0. The Bertz CT molecular complexity index is 397. The van der Waals surface area contributed by atoms with Crippen LogP contribution in [0.4, 0.5) is 0 Å². The average Bonchev–Trinajstić information content (AvgIpc) is 2.36. The number of hydrogen-bond acceptors (Lipinski definition) is 3. The van der Waals surface area contributed by atoms with Crippen molar-refractivity contribution in [2.24, 2.45) is 5.73 Å². The highest BCUT2D eigenvalue weighted by Crippen LogP contribution is 2.23. The van der Waals surface area contributed by atoms with Gasteiger partial charge in [-0.15, -0.1) is 0 Å². The van der Waals surface area contributed by atoms with Crippen molar-refractivity contribution in [1.82, 2.24) is 5.32 Å². The van der Waals surface area contributed by atoms with Gasteiger partial charge in [-0.1, -0.05) is 11.6 Å². The Hall–Kier alpha value is -1.26. The Balaban J connectivity index is 2.48. The van der Waals surface area contributed by atoms with Crippen LogP contribution in [0.3, 0.4) is 0 Å². The van der Waals surface area contributed by atoms with E-state index in [0.29, 0.717) is 31.0 Å². The van der Waals surface area contributed by atoms with Crippen molar-refractivity contribution in [2.45, 2.75) is 19.3 Å². The summed E-state index contributed by atoms with van der Waals surface area (Å²) in [5, 5.41) is 3.25. The first-order valence-corrected chi connectivity index (χ1v) is 6.37. The van der Waals surface area contributed by atoms with Crippen molar-refractivity contribution in [1.29, 1.82) is 0 Å². The second kappa shape index (κ2) is 7.95. The highest BCUT2D eigenvalue weighted by atomic mass is 35.5. The van der Waals surface area contributed by atoms with E-state index in [-0.39, 0.29) is 5.91 Å². The molecule has 1 aromatic rings. The lowest BCUT2D eigenvalue weighted by molar-refractivity contribution is -0.120. The van der Waals surface area contributed by atoms with E-state index in [1.807, 2.05) is 12.1 Å². The molecule has 0 radical (unpaired) electrons. The van der Waals surface area contributed by atoms with Crippen molar-refractivity contribution in [2.75, 3.05) is 20.2 Å². The number of carbonyl (C=O) groups excluding carboxylic acids is 1. The minimum absolute atomic E-state index is 0.0249. The van der Waals surface area contributed by atoms with Gasteiger partial charge in [0.1, 0.15) is 5.75 Å². The molecular weight excluding hydrogens is 252 g/mol. The monoisotopic (exact) mass is 270 g/mol. The molecule has 0 bridgehead atoms. The fourth-order valence-electron chi connectivity index (χ4n) is 1.58. The normalized spacial score (nSPS) is 10.2. The molecule has 0 spiro atoms. The SMILES string of the molecule is CNC(=O)CCCOc1ccc(Cl)cc1CCN. The van der Waals surface area contributed by atoms with E-state index in [1.165, 1.54) is 0 Å². The maximum absolute atomic E-state index is 11.0. The van der Waals surface area contributed by atoms with Crippen LogP contribution in [0.1, 0.15) is 18.4 Å². The second-order valence-electron chi connectivity index (χ2n) is 3.92. The molecule has 0 aliphatic heterocycles. The minimum Gasteiger partial charge on any atom is -0.493 e. The van der Waals surface area contributed by atoms with Crippen molar-refractivity contribution in [3.63, 3.8) is 0 Å². The number of nitrogens with one attached hydrogen (secondary N) is 1. The lowest BCUT2D eigenvalue weighted by Crippen LogP contribution is -2.18. The summed E-state index contributed by atoms with van der Waals surface area (Å²) in [5.74, 6) is 0.818. The first-order valence-electron chi connectivity index (χ1n) is 5.99. The summed E-state index contributed by atoms with van der Waals surface area (Å²) < 4.78 is 5.65. The fraction of sp³-hybridized carbons (Fsp3) is 0.462. The van der Waals surface area contributed by atoms with Crippen molar-refractivity contribution >= 4 is 17.5 Å². The van der Waals surface area contributed by atoms with Crippen molar-refractivity contribution in [3.8, 4) is 5.75 Å². The van der Waals surface area contributed by atoms with Crippen LogP contribution in [0.5, 0.6) is 5.75 Å². The molecule has 0 fully saturated rings. The third-order valence-corrected chi connectivity index (χ3v) is 2.76. The molecule has 0 saturated carbocycles. The van der Waals surface area contributed by atoms with Crippen LogP contribution in [0.15, 0.2) is 18.2 Å². The average molecular weight is 271 g/mol. The van der Waals surface area contributed by atoms with Gasteiger partial charge in [-0.25, -0.2) is 0 Å². The summed E-state index contributed by atoms with van der Waals surface area (Å²) in [6, 6.07) is 5.49. The molecule has 0 heterocycles. The van der Waals surface area contributed by atoms with E-state index in [9.17, 15) is 4.79 Å². The van der Waals surface area contributed by atoms with Gasteiger partial charge >= 0.3 is 0 Å². The van der Waals surface area contributed by atoms with Crippen LogP contribution in [0, 0.1) is 0 Å². The van der Waals surface area contributed by atoms with E-state index in [2.05, 4.69) is 5.32 Å². The zero-order valence-electron chi connectivity index (χ0n) is 10.5. The topological polar surface area (TPSA) is 64.3 Å². The molecule has 0 aliphatic rings. The highest BCUT2D eigenvalue weighted by molar-refractivity contribution is 6.30. The molecule has 1 amide bonds. The number of carbonyl (C=O) groups is 1. The van der Waals surface area contributed by atoms with Gasteiger partial charge in [0.2, 0.25) is 5.91 Å². The van der Waals surface area contributed by atoms with Crippen LogP contribution in [-0.4, -0.2) is 26.1 Å². The number of ether oxygens (including phenoxy) is 1. The van der Waals surface area contributed by atoms with Crippen LogP contribution in [0.2, 0.25) is 5.02 Å². The summed E-state index contributed by atoms with van der Waals surface area (Å²) in [6.07, 6.45) is 1.88. The number of halogens is 1. The maximum Gasteiger partial charge on any atom is 0.219 e. The lowest BCUT2D eigenvalue weighted by atomic mass is 10.1. The number of amides is 1. The van der Waals surface area contributed by atoms with E-state index >= 15 is 0 Å². The Morgan fingerprint density at radius 1 is 1.50 bits per heavy atom. The zero-order chi connectivity index (χ0) is 13.4. The van der Waals surface area contributed by atoms with Crippen LogP contribution in [-0.2, 0) is 11.2 Å². The van der Waals surface area contributed by atoms with Gasteiger partial charge in [-0.05, 0) is 43.1 Å². The largest absolute Gasteiger partial charge is 0.493 e. The molecule has 3 N–H and O–H groups in total. The Morgan fingerprint density at radius 2 is 2.28 bits per heavy atom. The third-order valence-electron chi connectivity index (χ3n) is 2.52. The Kier molecular flexibility index (Phi) is 6.54. The molecule has 0 atom stereocenters. The second-order valence-corrected chi connectivity index (χ2v) is 4.35. The van der Waals surface area contributed by atoms with E-state index < -0.39 is 0 Å². The van der Waals surface area contributed by atoms with Crippen molar-refractivity contribution in [3.05, 3.63) is 28.8 Å². The molecule has 0 aliphatic carbocycles. The third kappa shape index (κ3) is 4.94. The smallest absolute Gasteiger partial charge is 0.219 e. The predicted molar refractivity (Wildman–Crippen MR) is 73.0 cm³/mol. The molecule has 0 aromatic heterocycles. The van der Waals surface area contributed by atoms with E-state index in [4.69, 9.17) is 22.1 Å². The van der Waals surface area contributed by atoms with Crippen LogP contribution >= 0.6 is 11.6 Å². The quantitative estimate of drug-likeness (QED) is 0.742. The molecule has 1 aromatic carbocycles. The van der Waals surface area contributed by atoms with Crippen LogP contribution < -0.4 is 15.8 Å². The van der Waals surface area contributed by atoms with Gasteiger partial charge < -0.3 is 15.8 Å². The van der Waals surface area contributed by atoms with Crippen molar-refractivity contribution < 1.29 is 9.53 Å². The number of hydrogen-bond donors (Lipinski definition) is 2. The molecular formula is C13H19ClN2O2. The summed E-state index contributed by atoms with van der Waals surface area (Å²) in [7, 11) is 1.63. The first kappa shape index (κ1) is 14.8. The van der Waals surface area contributed by atoms with E-state index in [1.54, 1.807) is 13.1 Å². The molecule has 100 valence electrons. The predicted octanol–water partition coefficient (Wildman–Crippen LogP) is 1.75. The number of benzene rings is 1. The lowest BCUT2D eigenvalue weighted by Gasteiger charge is -2.11. The first-order chi connectivity index (χ1) is 8.67. The number of rotatable bonds is 7. The van der Waals surface area contributed by atoms with Gasteiger partial charge in [0.25, 0.3) is 0 Å². The Morgan fingerprint density at radius 3 is 2.94 bits per heavy atom. The molecule has 18 heavy (non-hydrogen) atoms. The molecule has 0 unspecified atom stereocenters. The summed E-state index contributed by atoms with van der Waals surface area (Å²) in [4.78, 5) is 11.0. The van der Waals surface area contributed by atoms with Gasteiger partial charge in [0.15, 0.2) is 0 Å². The van der Waals surface area contributed by atoms with Crippen LogP contribution in [0.25, 0.3) is 0 Å². The standard InChI is InChI=1S/C13H19ClN2O2/c1-16-13(17)3-2-8-18-12-5-4-11(14)9-10(12)6-7-15/h4-5,9H,2-3,6-8,15H2,1H3,(H,16,17). The highest BCUT2D eigenvalue weighted by Gasteiger charge is 2.05. The molecule has 5 heteroatoms. The molecule has 1 rings (SSSR count). The zero-order valence-corrected chi connectivity index (χ0v) is 11.3. The molecule has 4 nitrogen and oxygen atoms in total. The van der Waals surface area contributed by atoms with Gasteiger partial charge in [-0.3, -0.25) is 4.79 Å². The Labute approximate surface area is 112 Å². The fourth-order valence-corrected chi connectivity index (χ4v) is 1.77. The summed E-state index contributed by atoms with van der Waals surface area (Å²) in [5.41, 5.74) is 6.55. The van der Waals surface area contributed by atoms with Gasteiger partial charge in [0, 0.05) is 18.5 Å². The van der Waals surface area contributed by atoms with Gasteiger partial charge in [0.05, 0.1) is 6.61 Å². The van der Waals surface area contributed by atoms with Gasteiger partial charge in [-0.2, -0.15) is 0 Å². The molecule has 0 saturated heterocycles. The summed E-state index contributed by atoms with van der Waals surface area (Å²) in [6.45, 7) is 1.06. The van der Waals surface area contributed by atoms with E-state index in [0.717, 1.165) is 17.7 Å².